The third-order valence-electron chi connectivity index (χ3n) is 2.75. The van der Waals surface area contributed by atoms with Crippen molar-refractivity contribution in [1.29, 1.82) is 0 Å². The van der Waals surface area contributed by atoms with Gasteiger partial charge in [-0.3, -0.25) is 0 Å². The molecular weight excluding hydrogens is 236 g/mol. The van der Waals surface area contributed by atoms with Crippen LogP contribution in [0.15, 0.2) is 0 Å². The lowest BCUT2D eigenvalue weighted by Crippen LogP contribution is -2.20. The monoisotopic (exact) mass is 256 g/mol. The van der Waals surface area contributed by atoms with E-state index in [1.54, 1.807) is 0 Å². The van der Waals surface area contributed by atoms with Crippen LogP contribution in [0.3, 0.4) is 0 Å². The van der Waals surface area contributed by atoms with Gasteiger partial charge in [0.2, 0.25) is 0 Å². The summed E-state index contributed by atoms with van der Waals surface area (Å²) in [5, 5.41) is 3.68. The molecule has 4 nitrogen and oxygen atoms in total. The first-order valence-electron chi connectivity index (χ1n) is 6.14. The van der Waals surface area contributed by atoms with E-state index in [0.717, 1.165) is 12.8 Å². The Morgan fingerprint density at radius 1 is 1.35 bits per heavy atom. The van der Waals surface area contributed by atoms with Crippen LogP contribution in [0.25, 0.3) is 0 Å². The fourth-order valence-corrected chi connectivity index (χ4v) is 1.89. The number of nitrogen functional groups attached to an aromatic ring is 1. The number of nitrogens with two attached hydrogens (primary N) is 1. The van der Waals surface area contributed by atoms with Gasteiger partial charge in [0.25, 0.3) is 0 Å². The van der Waals surface area contributed by atoms with E-state index in [2.05, 4.69) is 29.1 Å². The van der Waals surface area contributed by atoms with Crippen molar-refractivity contribution in [2.45, 2.75) is 52.5 Å². The summed E-state index contributed by atoms with van der Waals surface area (Å²) < 4.78 is 0. The summed E-state index contributed by atoms with van der Waals surface area (Å²) in [4.78, 5) is 8.32. The van der Waals surface area contributed by atoms with E-state index in [1.807, 2.05) is 6.92 Å². The van der Waals surface area contributed by atoms with Crippen LogP contribution in [-0.2, 0) is 0 Å². The van der Waals surface area contributed by atoms with Crippen molar-refractivity contribution >= 4 is 23.1 Å². The number of rotatable bonds is 6. The minimum atomic E-state index is 0.324. The molecule has 0 saturated carbocycles. The number of anilines is 2. The molecule has 5 heteroatoms. The van der Waals surface area contributed by atoms with Crippen molar-refractivity contribution in [3.63, 3.8) is 0 Å². The van der Waals surface area contributed by atoms with Crippen molar-refractivity contribution in [3.05, 3.63) is 11.0 Å². The lowest BCUT2D eigenvalue weighted by molar-refractivity contribution is 0.591. The molecule has 0 spiro atoms. The van der Waals surface area contributed by atoms with E-state index < -0.39 is 0 Å². The van der Waals surface area contributed by atoms with Crippen LogP contribution in [0.1, 0.15) is 45.4 Å². The number of hydrogen-bond acceptors (Lipinski definition) is 4. The SMILES string of the molecule is CCCCC(CC)Nc1nc(C)nc(Cl)c1N. The average molecular weight is 257 g/mol. The Morgan fingerprint density at radius 3 is 2.65 bits per heavy atom. The predicted molar refractivity (Wildman–Crippen MR) is 73.4 cm³/mol. The molecule has 0 bridgehead atoms. The first kappa shape index (κ1) is 14.0. The highest BCUT2D eigenvalue weighted by Crippen LogP contribution is 2.25. The van der Waals surface area contributed by atoms with E-state index in [-0.39, 0.29) is 0 Å². The molecule has 1 heterocycles. The standard InChI is InChI=1S/C12H21ClN4/c1-4-6-7-9(5-2)17-12-10(14)11(13)15-8(3)16-12/h9H,4-7,14H2,1-3H3,(H,15,16,17). The molecule has 0 aliphatic rings. The average Bonchev–Trinajstić information content (AvgIpc) is 2.30. The minimum Gasteiger partial charge on any atom is -0.393 e. The Labute approximate surface area is 108 Å². The molecule has 0 aromatic carbocycles. The molecule has 1 aromatic heterocycles. The van der Waals surface area contributed by atoms with E-state index in [4.69, 9.17) is 17.3 Å². The fraction of sp³-hybridized carbons (Fsp3) is 0.667. The van der Waals surface area contributed by atoms with Crippen LogP contribution in [0.4, 0.5) is 11.5 Å². The van der Waals surface area contributed by atoms with Gasteiger partial charge in [-0.1, -0.05) is 38.3 Å². The molecule has 0 aliphatic heterocycles. The number of aryl methyl sites for hydroxylation is 1. The predicted octanol–water partition coefficient (Wildman–Crippen LogP) is 3.40. The molecule has 1 unspecified atom stereocenters. The summed E-state index contributed by atoms with van der Waals surface area (Å²) in [6.45, 7) is 6.15. The zero-order chi connectivity index (χ0) is 12.8. The largest absolute Gasteiger partial charge is 0.393 e. The van der Waals surface area contributed by atoms with Gasteiger partial charge >= 0.3 is 0 Å². The fourth-order valence-electron chi connectivity index (χ4n) is 1.68. The third kappa shape index (κ3) is 4.04. The molecule has 0 aliphatic carbocycles. The van der Waals surface area contributed by atoms with Gasteiger partial charge < -0.3 is 11.1 Å². The number of unbranched alkanes of at least 4 members (excludes halogenated alkanes) is 1. The Hall–Kier alpha value is -1.03. The molecular formula is C12H21ClN4. The van der Waals surface area contributed by atoms with Gasteiger partial charge in [-0.05, 0) is 19.8 Å². The third-order valence-corrected chi connectivity index (χ3v) is 3.04. The molecule has 17 heavy (non-hydrogen) atoms. The summed E-state index contributed by atoms with van der Waals surface area (Å²) in [5.74, 6) is 1.29. The highest BCUT2D eigenvalue weighted by atomic mass is 35.5. The number of nitrogens with zero attached hydrogens (tertiary/aromatic N) is 2. The zero-order valence-corrected chi connectivity index (χ0v) is 11.5. The second-order valence-electron chi connectivity index (χ2n) is 4.22. The maximum absolute atomic E-state index is 5.93. The smallest absolute Gasteiger partial charge is 0.157 e. The summed E-state index contributed by atoms with van der Waals surface area (Å²) >= 11 is 5.93. The van der Waals surface area contributed by atoms with Crippen molar-refractivity contribution in [2.24, 2.45) is 0 Å². The van der Waals surface area contributed by atoms with E-state index in [9.17, 15) is 0 Å². The summed E-state index contributed by atoms with van der Waals surface area (Å²) in [7, 11) is 0. The Balaban J connectivity index is 2.78. The van der Waals surface area contributed by atoms with E-state index >= 15 is 0 Å². The number of nitrogens with one attached hydrogen (secondary N) is 1. The molecule has 3 N–H and O–H groups in total. The van der Waals surface area contributed by atoms with Crippen LogP contribution in [0, 0.1) is 6.92 Å². The molecule has 0 radical (unpaired) electrons. The Morgan fingerprint density at radius 2 is 2.06 bits per heavy atom. The quantitative estimate of drug-likeness (QED) is 0.766. The molecule has 1 aromatic rings. The van der Waals surface area contributed by atoms with Crippen molar-refractivity contribution in [3.8, 4) is 0 Å². The van der Waals surface area contributed by atoms with Gasteiger partial charge in [0.1, 0.15) is 11.5 Å². The van der Waals surface area contributed by atoms with Crippen LogP contribution in [-0.4, -0.2) is 16.0 Å². The van der Waals surface area contributed by atoms with Crippen LogP contribution < -0.4 is 11.1 Å². The minimum absolute atomic E-state index is 0.324. The van der Waals surface area contributed by atoms with Gasteiger partial charge in [-0.15, -0.1) is 0 Å². The van der Waals surface area contributed by atoms with Gasteiger partial charge in [0.05, 0.1) is 0 Å². The maximum Gasteiger partial charge on any atom is 0.157 e. The lowest BCUT2D eigenvalue weighted by atomic mass is 10.1. The summed E-state index contributed by atoms with van der Waals surface area (Å²) in [5.41, 5.74) is 6.30. The number of halogens is 1. The highest BCUT2D eigenvalue weighted by Gasteiger charge is 2.12. The lowest BCUT2D eigenvalue weighted by Gasteiger charge is -2.18. The van der Waals surface area contributed by atoms with Gasteiger partial charge in [-0.2, -0.15) is 0 Å². The maximum atomic E-state index is 5.93. The van der Waals surface area contributed by atoms with Crippen LogP contribution in [0.2, 0.25) is 5.15 Å². The first-order chi connectivity index (χ1) is 8.08. The molecule has 0 saturated heterocycles. The molecule has 1 atom stereocenters. The number of aromatic nitrogens is 2. The van der Waals surface area contributed by atoms with Crippen molar-refractivity contribution in [1.82, 2.24) is 9.97 Å². The van der Waals surface area contributed by atoms with Crippen LogP contribution >= 0.6 is 11.6 Å². The summed E-state index contributed by atoms with van der Waals surface area (Å²) in [6.07, 6.45) is 4.55. The first-order valence-corrected chi connectivity index (χ1v) is 6.52. The Kier molecular flexibility index (Phi) is 5.48. The normalized spacial score (nSPS) is 12.5. The van der Waals surface area contributed by atoms with Crippen molar-refractivity contribution in [2.75, 3.05) is 11.1 Å². The summed E-state index contributed by atoms with van der Waals surface area (Å²) in [6, 6.07) is 0.391. The van der Waals surface area contributed by atoms with Gasteiger partial charge in [-0.25, -0.2) is 9.97 Å². The molecule has 96 valence electrons. The zero-order valence-electron chi connectivity index (χ0n) is 10.8. The topological polar surface area (TPSA) is 63.8 Å². The van der Waals surface area contributed by atoms with Crippen molar-refractivity contribution < 1.29 is 0 Å². The second kappa shape index (κ2) is 6.64. The number of hydrogen-bond donors (Lipinski definition) is 2. The molecule has 1 rings (SSSR count). The van der Waals surface area contributed by atoms with Gasteiger partial charge in [0, 0.05) is 6.04 Å². The Bertz CT molecular complexity index is 368. The van der Waals surface area contributed by atoms with Gasteiger partial charge in [0.15, 0.2) is 11.0 Å². The van der Waals surface area contributed by atoms with E-state index in [0.29, 0.717) is 28.5 Å². The second-order valence-corrected chi connectivity index (χ2v) is 4.57. The molecule has 0 fully saturated rings. The highest BCUT2D eigenvalue weighted by molar-refractivity contribution is 6.32. The molecule has 0 amide bonds. The van der Waals surface area contributed by atoms with E-state index in [1.165, 1.54) is 12.8 Å². The van der Waals surface area contributed by atoms with Crippen LogP contribution in [0.5, 0.6) is 0 Å².